The Morgan fingerprint density at radius 3 is 2.68 bits per heavy atom. The van der Waals surface area contributed by atoms with E-state index in [-0.39, 0.29) is 18.4 Å². The lowest BCUT2D eigenvalue weighted by Gasteiger charge is -2.22. The summed E-state index contributed by atoms with van der Waals surface area (Å²) in [6.07, 6.45) is 2.36. The standard InChI is InChI=1S/C22H23N3O3/c1-16(26)25(20-10-4-7-18-8-5-12-24-22(18)20)15-21(27)23-13-11-17-6-3-9-19(14-17)28-2/h3-10,12,14H,11,13,15H2,1-2H3,(H,23,27). The minimum atomic E-state index is -0.217. The fourth-order valence-corrected chi connectivity index (χ4v) is 3.05. The number of nitrogens with zero attached hydrogens (tertiary/aromatic N) is 2. The maximum Gasteiger partial charge on any atom is 0.240 e. The first-order valence-corrected chi connectivity index (χ1v) is 9.10. The number of fused-ring (bicyclic) bond motifs is 1. The lowest BCUT2D eigenvalue weighted by atomic mass is 10.1. The van der Waals surface area contributed by atoms with Gasteiger partial charge in [0, 0.05) is 25.1 Å². The van der Waals surface area contributed by atoms with E-state index in [9.17, 15) is 9.59 Å². The molecule has 0 atom stereocenters. The summed E-state index contributed by atoms with van der Waals surface area (Å²) in [5.41, 5.74) is 2.40. The number of ether oxygens (including phenoxy) is 1. The maximum atomic E-state index is 12.4. The summed E-state index contributed by atoms with van der Waals surface area (Å²) in [5, 5.41) is 3.80. The average molecular weight is 377 g/mol. The molecule has 0 spiro atoms. The molecule has 0 saturated carbocycles. The van der Waals surface area contributed by atoms with Gasteiger partial charge in [0.2, 0.25) is 11.8 Å². The number of rotatable bonds is 7. The summed E-state index contributed by atoms with van der Waals surface area (Å²) in [5.74, 6) is 0.363. The van der Waals surface area contributed by atoms with E-state index in [1.165, 1.54) is 11.8 Å². The van der Waals surface area contributed by atoms with E-state index >= 15 is 0 Å². The number of methoxy groups -OCH3 is 1. The molecule has 1 N–H and O–H groups in total. The van der Waals surface area contributed by atoms with E-state index in [0.29, 0.717) is 24.2 Å². The number of aromatic nitrogens is 1. The highest BCUT2D eigenvalue weighted by atomic mass is 16.5. The molecule has 3 aromatic rings. The van der Waals surface area contributed by atoms with E-state index in [2.05, 4.69) is 10.3 Å². The molecule has 6 heteroatoms. The van der Waals surface area contributed by atoms with Gasteiger partial charge in [0.25, 0.3) is 0 Å². The van der Waals surface area contributed by atoms with E-state index < -0.39 is 0 Å². The van der Waals surface area contributed by atoms with Gasteiger partial charge in [-0.25, -0.2) is 0 Å². The molecule has 0 aliphatic heterocycles. The lowest BCUT2D eigenvalue weighted by Crippen LogP contribution is -2.40. The second-order valence-corrected chi connectivity index (χ2v) is 6.41. The Morgan fingerprint density at radius 2 is 1.89 bits per heavy atom. The third-order valence-corrected chi connectivity index (χ3v) is 4.45. The van der Waals surface area contributed by atoms with Gasteiger partial charge in [0.1, 0.15) is 12.3 Å². The highest BCUT2D eigenvalue weighted by Gasteiger charge is 2.18. The van der Waals surface area contributed by atoms with Crippen LogP contribution in [-0.4, -0.2) is 37.0 Å². The smallest absolute Gasteiger partial charge is 0.240 e. The van der Waals surface area contributed by atoms with Gasteiger partial charge in [-0.2, -0.15) is 0 Å². The Bertz CT molecular complexity index is 982. The lowest BCUT2D eigenvalue weighted by molar-refractivity contribution is -0.123. The van der Waals surface area contributed by atoms with Crippen LogP contribution in [0.4, 0.5) is 5.69 Å². The van der Waals surface area contributed by atoms with Gasteiger partial charge < -0.3 is 15.0 Å². The van der Waals surface area contributed by atoms with Crippen LogP contribution in [0, 0.1) is 0 Å². The van der Waals surface area contributed by atoms with Crippen molar-refractivity contribution in [3.63, 3.8) is 0 Å². The van der Waals surface area contributed by atoms with E-state index in [0.717, 1.165) is 16.7 Å². The van der Waals surface area contributed by atoms with Crippen molar-refractivity contribution in [2.24, 2.45) is 0 Å². The molecule has 0 bridgehead atoms. The number of pyridine rings is 1. The zero-order valence-electron chi connectivity index (χ0n) is 16.0. The molecule has 3 rings (SSSR count). The van der Waals surface area contributed by atoms with Crippen molar-refractivity contribution in [3.8, 4) is 5.75 Å². The van der Waals surface area contributed by atoms with Gasteiger partial charge in [-0.3, -0.25) is 14.6 Å². The van der Waals surface area contributed by atoms with Crippen molar-refractivity contribution in [1.29, 1.82) is 0 Å². The maximum absolute atomic E-state index is 12.4. The molecule has 0 saturated heterocycles. The van der Waals surface area contributed by atoms with Gasteiger partial charge >= 0.3 is 0 Å². The summed E-state index contributed by atoms with van der Waals surface area (Å²) in [6.45, 7) is 1.87. The highest BCUT2D eigenvalue weighted by Crippen LogP contribution is 2.24. The van der Waals surface area contributed by atoms with E-state index in [1.54, 1.807) is 19.4 Å². The molecule has 6 nitrogen and oxygen atoms in total. The minimum Gasteiger partial charge on any atom is -0.497 e. The van der Waals surface area contributed by atoms with Crippen molar-refractivity contribution in [3.05, 3.63) is 66.4 Å². The second-order valence-electron chi connectivity index (χ2n) is 6.41. The van der Waals surface area contributed by atoms with Crippen molar-refractivity contribution in [2.45, 2.75) is 13.3 Å². The quantitative estimate of drug-likeness (QED) is 0.687. The molecule has 0 fully saturated rings. The fourth-order valence-electron chi connectivity index (χ4n) is 3.05. The molecule has 2 amide bonds. The van der Waals surface area contributed by atoms with Crippen molar-refractivity contribution >= 4 is 28.4 Å². The number of carbonyl (C=O) groups is 2. The summed E-state index contributed by atoms with van der Waals surface area (Å²) < 4.78 is 5.21. The predicted octanol–water partition coefficient (Wildman–Crippen LogP) is 2.96. The molecule has 144 valence electrons. The number of amides is 2. The van der Waals surface area contributed by atoms with Crippen LogP contribution >= 0.6 is 0 Å². The Labute approximate surface area is 164 Å². The topological polar surface area (TPSA) is 71.5 Å². The summed E-state index contributed by atoms with van der Waals surface area (Å²) in [6, 6.07) is 17.1. The Balaban J connectivity index is 1.65. The molecule has 0 aliphatic carbocycles. The third-order valence-electron chi connectivity index (χ3n) is 4.45. The van der Waals surface area contributed by atoms with Crippen molar-refractivity contribution < 1.29 is 14.3 Å². The van der Waals surface area contributed by atoms with Crippen LogP contribution < -0.4 is 15.0 Å². The second kappa shape index (κ2) is 8.99. The molecule has 1 aromatic heterocycles. The summed E-state index contributed by atoms with van der Waals surface area (Å²) in [4.78, 5) is 30.5. The van der Waals surface area contributed by atoms with Gasteiger partial charge in [0.05, 0.1) is 18.3 Å². The largest absolute Gasteiger partial charge is 0.497 e. The zero-order chi connectivity index (χ0) is 19.9. The zero-order valence-corrected chi connectivity index (χ0v) is 16.0. The summed E-state index contributed by atoms with van der Waals surface area (Å²) >= 11 is 0. The Kier molecular flexibility index (Phi) is 6.22. The molecule has 1 heterocycles. The van der Waals surface area contributed by atoms with Crippen LogP contribution in [0.3, 0.4) is 0 Å². The van der Waals surface area contributed by atoms with Crippen LogP contribution in [0.5, 0.6) is 5.75 Å². The van der Waals surface area contributed by atoms with Crippen LogP contribution in [0.2, 0.25) is 0 Å². The normalized spacial score (nSPS) is 10.5. The molecular formula is C22H23N3O3. The molecule has 0 radical (unpaired) electrons. The number of hydrogen-bond donors (Lipinski definition) is 1. The Morgan fingerprint density at radius 1 is 1.11 bits per heavy atom. The first-order chi connectivity index (χ1) is 13.6. The van der Waals surface area contributed by atoms with Gasteiger partial charge in [-0.1, -0.05) is 30.3 Å². The van der Waals surface area contributed by atoms with Gasteiger partial charge in [0.15, 0.2) is 0 Å². The monoisotopic (exact) mass is 377 g/mol. The number of nitrogens with one attached hydrogen (secondary N) is 1. The van der Waals surface area contributed by atoms with E-state index in [1.807, 2.05) is 48.5 Å². The molecule has 28 heavy (non-hydrogen) atoms. The fraction of sp³-hybridized carbons (Fsp3) is 0.227. The minimum absolute atomic E-state index is 0.0524. The average Bonchev–Trinajstić information content (AvgIpc) is 2.71. The number of para-hydroxylation sites is 1. The van der Waals surface area contributed by atoms with E-state index in [4.69, 9.17) is 4.74 Å². The van der Waals surface area contributed by atoms with Crippen molar-refractivity contribution in [1.82, 2.24) is 10.3 Å². The van der Waals surface area contributed by atoms with Crippen LogP contribution in [0.25, 0.3) is 10.9 Å². The first kappa shape index (κ1) is 19.4. The molecule has 0 aliphatic rings. The number of carbonyl (C=O) groups excluding carboxylic acids is 2. The predicted molar refractivity (Wildman–Crippen MR) is 109 cm³/mol. The highest BCUT2D eigenvalue weighted by molar-refractivity contribution is 6.04. The number of benzene rings is 2. The van der Waals surface area contributed by atoms with Gasteiger partial charge in [-0.05, 0) is 36.2 Å². The number of anilines is 1. The van der Waals surface area contributed by atoms with Crippen LogP contribution in [-0.2, 0) is 16.0 Å². The molecular weight excluding hydrogens is 354 g/mol. The third kappa shape index (κ3) is 4.65. The number of hydrogen-bond acceptors (Lipinski definition) is 4. The van der Waals surface area contributed by atoms with Crippen molar-refractivity contribution in [2.75, 3.05) is 25.1 Å². The Hall–Kier alpha value is -3.41. The van der Waals surface area contributed by atoms with Crippen LogP contribution in [0.1, 0.15) is 12.5 Å². The first-order valence-electron chi connectivity index (χ1n) is 9.10. The molecule has 0 unspecified atom stereocenters. The molecule has 2 aromatic carbocycles. The SMILES string of the molecule is COc1cccc(CCNC(=O)CN(C(C)=O)c2cccc3cccnc23)c1. The summed E-state index contributed by atoms with van der Waals surface area (Å²) in [7, 11) is 1.62. The van der Waals surface area contributed by atoms with Gasteiger partial charge in [-0.15, -0.1) is 0 Å². The van der Waals surface area contributed by atoms with Crippen LogP contribution in [0.15, 0.2) is 60.8 Å².